The number of benzene rings is 1. The van der Waals surface area contributed by atoms with Crippen molar-refractivity contribution in [2.45, 2.75) is 31.6 Å². The van der Waals surface area contributed by atoms with E-state index in [1.165, 1.54) is 6.42 Å². The molecule has 1 aliphatic rings. The molecule has 2 rings (SSSR count). The highest BCUT2D eigenvalue weighted by Gasteiger charge is 2.39. The molecule has 0 spiro atoms. The van der Waals surface area contributed by atoms with E-state index in [4.69, 9.17) is 11.6 Å². The van der Waals surface area contributed by atoms with Gasteiger partial charge in [-0.05, 0) is 50.1 Å². The summed E-state index contributed by atoms with van der Waals surface area (Å²) in [6.07, 6.45) is 3.39. The number of hydrogen-bond acceptors (Lipinski definition) is 1. The highest BCUT2D eigenvalue weighted by atomic mass is 35.5. The van der Waals surface area contributed by atoms with E-state index >= 15 is 0 Å². The molecule has 1 aliphatic carbocycles. The summed E-state index contributed by atoms with van der Waals surface area (Å²) >= 11 is 6.24. The number of rotatable bonds is 3. The third-order valence-electron chi connectivity index (χ3n) is 3.65. The van der Waals surface area contributed by atoms with Gasteiger partial charge in [0.25, 0.3) is 0 Å². The maximum absolute atomic E-state index is 13.6. The van der Waals surface area contributed by atoms with Crippen molar-refractivity contribution in [2.75, 3.05) is 13.6 Å². The smallest absolute Gasteiger partial charge is 0.126 e. The first-order chi connectivity index (χ1) is 7.59. The van der Waals surface area contributed by atoms with E-state index < -0.39 is 0 Å². The zero-order chi connectivity index (χ0) is 11.8. The van der Waals surface area contributed by atoms with Crippen molar-refractivity contribution in [3.8, 4) is 0 Å². The zero-order valence-electron chi connectivity index (χ0n) is 9.74. The Balaban J connectivity index is 2.42. The van der Waals surface area contributed by atoms with E-state index in [9.17, 15) is 4.39 Å². The SMILES string of the molecule is CNCC1(c2cc(F)c(C)cc2Cl)CCC1. The number of likely N-dealkylation sites (N-methyl/N-ethyl adjacent to an activating group) is 1. The van der Waals surface area contributed by atoms with Crippen molar-refractivity contribution < 1.29 is 4.39 Å². The number of hydrogen-bond donors (Lipinski definition) is 1. The van der Waals surface area contributed by atoms with Gasteiger partial charge in [-0.25, -0.2) is 4.39 Å². The molecule has 0 unspecified atom stereocenters. The van der Waals surface area contributed by atoms with Crippen LogP contribution in [0.4, 0.5) is 4.39 Å². The van der Waals surface area contributed by atoms with Crippen LogP contribution in [0.25, 0.3) is 0 Å². The summed E-state index contributed by atoms with van der Waals surface area (Å²) in [4.78, 5) is 0. The van der Waals surface area contributed by atoms with Gasteiger partial charge in [-0.1, -0.05) is 18.0 Å². The first-order valence-electron chi connectivity index (χ1n) is 5.70. The molecular weight excluding hydrogens is 225 g/mol. The van der Waals surface area contributed by atoms with Crippen molar-refractivity contribution in [3.63, 3.8) is 0 Å². The third-order valence-corrected chi connectivity index (χ3v) is 3.96. The summed E-state index contributed by atoms with van der Waals surface area (Å²) in [5, 5.41) is 3.89. The lowest BCUT2D eigenvalue weighted by molar-refractivity contribution is 0.238. The number of nitrogens with one attached hydrogen (secondary N) is 1. The quantitative estimate of drug-likeness (QED) is 0.855. The fourth-order valence-electron chi connectivity index (χ4n) is 2.54. The highest BCUT2D eigenvalue weighted by Crippen LogP contribution is 2.46. The van der Waals surface area contributed by atoms with Gasteiger partial charge in [-0.2, -0.15) is 0 Å². The van der Waals surface area contributed by atoms with Crippen LogP contribution in [0.2, 0.25) is 5.02 Å². The Labute approximate surface area is 101 Å². The topological polar surface area (TPSA) is 12.0 Å². The first-order valence-corrected chi connectivity index (χ1v) is 6.07. The molecule has 0 bridgehead atoms. The van der Waals surface area contributed by atoms with Crippen LogP contribution in [-0.4, -0.2) is 13.6 Å². The molecular formula is C13H17ClFN. The average molecular weight is 242 g/mol. The summed E-state index contributed by atoms with van der Waals surface area (Å²) in [5.74, 6) is -0.151. The lowest BCUT2D eigenvalue weighted by Gasteiger charge is -2.43. The molecule has 88 valence electrons. The van der Waals surface area contributed by atoms with Gasteiger partial charge in [-0.15, -0.1) is 0 Å². The molecule has 0 saturated heterocycles. The van der Waals surface area contributed by atoms with Crippen LogP contribution in [0.15, 0.2) is 12.1 Å². The Bertz CT molecular complexity index is 399. The summed E-state index contributed by atoms with van der Waals surface area (Å²) < 4.78 is 13.6. The third kappa shape index (κ3) is 1.85. The Morgan fingerprint density at radius 2 is 2.12 bits per heavy atom. The van der Waals surface area contributed by atoms with E-state index in [1.807, 2.05) is 7.05 Å². The molecule has 0 heterocycles. The van der Waals surface area contributed by atoms with Crippen LogP contribution in [0, 0.1) is 12.7 Å². The summed E-state index contributed by atoms with van der Waals surface area (Å²) in [7, 11) is 1.93. The van der Waals surface area contributed by atoms with Crippen LogP contribution in [0.1, 0.15) is 30.4 Å². The van der Waals surface area contributed by atoms with Gasteiger partial charge in [0.1, 0.15) is 5.82 Å². The van der Waals surface area contributed by atoms with Crippen LogP contribution < -0.4 is 5.32 Å². The minimum atomic E-state index is -0.151. The van der Waals surface area contributed by atoms with Crippen molar-refractivity contribution >= 4 is 11.6 Å². The fraction of sp³-hybridized carbons (Fsp3) is 0.538. The molecule has 1 fully saturated rings. The first kappa shape index (κ1) is 11.9. The Morgan fingerprint density at radius 3 is 2.62 bits per heavy atom. The van der Waals surface area contributed by atoms with Crippen molar-refractivity contribution in [1.82, 2.24) is 5.32 Å². The molecule has 3 heteroatoms. The second-order valence-electron chi connectivity index (χ2n) is 4.75. The van der Waals surface area contributed by atoms with Crippen LogP contribution >= 0.6 is 11.6 Å². The Hall–Kier alpha value is -0.600. The summed E-state index contributed by atoms with van der Waals surface area (Å²) in [5.41, 5.74) is 1.64. The lowest BCUT2D eigenvalue weighted by atomic mass is 9.64. The zero-order valence-corrected chi connectivity index (χ0v) is 10.5. The molecule has 0 aromatic heterocycles. The maximum Gasteiger partial charge on any atom is 0.126 e. The largest absolute Gasteiger partial charge is 0.319 e. The summed E-state index contributed by atoms with van der Waals surface area (Å²) in [6.45, 7) is 2.62. The number of halogens is 2. The maximum atomic E-state index is 13.6. The average Bonchev–Trinajstić information content (AvgIpc) is 2.18. The standard InChI is InChI=1S/C13H17ClFN/c1-9-6-11(14)10(7-12(9)15)13(8-16-2)4-3-5-13/h6-7,16H,3-5,8H2,1-2H3. The molecule has 0 radical (unpaired) electrons. The van der Waals surface area contributed by atoms with E-state index in [-0.39, 0.29) is 11.2 Å². The van der Waals surface area contributed by atoms with Gasteiger partial charge in [-0.3, -0.25) is 0 Å². The van der Waals surface area contributed by atoms with Crippen molar-refractivity contribution in [1.29, 1.82) is 0 Å². The predicted octanol–water partition coefficient (Wildman–Crippen LogP) is 3.43. The molecule has 1 nitrogen and oxygen atoms in total. The number of aryl methyl sites for hydroxylation is 1. The Morgan fingerprint density at radius 1 is 1.44 bits per heavy atom. The van der Waals surface area contributed by atoms with Gasteiger partial charge >= 0.3 is 0 Å². The van der Waals surface area contributed by atoms with E-state index in [0.717, 1.165) is 24.9 Å². The second kappa shape index (κ2) is 4.34. The van der Waals surface area contributed by atoms with Crippen molar-refractivity contribution in [3.05, 3.63) is 34.1 Å². The molecule has 1 saturated carbocycles. The minimum absolute atomic E-state index is 0.0559. The lowest BCUT2D eigenvalue weighted by Crippen LogP contribution is -2.43. The van der Waals surface area contributed by atoms with E-state index in [1.54, 1.807) is 19.1 Å². The molecule has 0 aliphatic heterocycles. The van der Waals surface area contributed by atoms with Crippen LogP contribution in [0.5, 0.6) is 0 Å². The van der Waals surface area contributed by atoms with Crippen molar-refractivity contribution in [2.24, 2.45) is 0 Å². The molecule has 1 aromatic carbocycles. The predicted molar refractivity (Wildman–Crippen MR) is 65.6 cm³/mol. The van der Waals surface area contributed by atoms with Gasteiger partial charge < -0.3 is 5.32 Å². The molecule has 0 amide bonds. The monoisotopic (exact) mass is 241 g/mol. The normalized spacial score (nSPS) is 18.2. The van der Waals surface area contributed by atoms with E-state index in [0.29, 0.717) is 10.6 Å². The second-order valence-corrected chi connectivity index (χ2v) is 5.15. The Kier molecular flexibility index (Phi) is 3.22. The fourth-order valence-corrected chi connectivity index (χ4v) is 2.95. The van der Waals surface area contributed by atoms with E-state index in [2.05, 4.69) is 5.32 Å². The highest BCUT2D eigenvalue weighted by molar-refractivity contribution is 6.31. The molecule has 1 aromatic rings. The van der Waals surface area contributed by atoms with Gasteiger partial charge in [0.2, 0.25) is 0 Å². The molecule has 0 atom stereocenters. The van der Waals surface area contributed by atoms with Crippen LogP contribution in [0.3, 0.4) is 0 Å². The van der Waals surface area contributed by atoms with Gasteiger partial charge in [0.15, 0.2) is 0 Å². The van der Waals surface area contributed by atoms with Gasteiger partial charge in [0, 0.05) is 17.0 Å². The minimum Gasteiger partial charge on any atom is -0.319 e. The van der Waals surface area contributed by atoms with Crippen LogP contribution in [-0.2, 0) is 5.41 Å². The summed E-state index contributed by atoms with van der Waals surface area (Å²) in [6, 6.07) is 3.36. The molecule has 16 heavy (non-hydrogen) atoms. The van der Waals surface area contributed by atoms with Gasteiger partial charge in [0.05, 0.1) is 0 Å². The molecule has 1 N–H and O–H groups in total.